The zero-order chi connectivity index (χ0) is 22.4. The van der Waals surface area contributed by atoms with Crippen LogP contribution in [0, 0.1) is 0 Å². The summed E-state index contributed by atoms with van der Waals surface area (Å²) in [5.41, 5.74) is 2.00. The molecule has 1 amide bonds. The molecule has 0 bridgehead atoms. The third-order valence-corrected chi connectivity index (χ3v) is 6.45. The van der Waals surface area contributed by atoms with Crippen molar-refractivity contribution in [3.8, 4) is 0 Å². The molecule has 0 saturated heterocycles. The molecule has 0 aliphatic rings. The maximum Gasteiger partial charge on any atom is 0.255 e. The molecule has 8 heteroatoms. The van der Waals surface area contributed by atoms with E-state index in [-0.39, 0.29) is 22.9 Å². The summed E-state index contributed by atoms with van der Waals surface area (Å²) in [4.78, 5) is 18.2. The van der Waals surface area contributed by atoms with Crippen LogP contribution in [-0.2, 0) is 10.0 Å². The van der Waals surface area contributed by atoms with Gasteiger partial charge < -0.3 is 10.2 Å². The summed E-state index contributed by atoms with van der Waals surface area (Å²) < 4.78 is 28.6. The number of sulfonamides is 1. The molecular formula is C23H26N4O3S. The van der Waals surface area contributed by atoms with Crippen LogP contribution in [0.4, 0.5) is 5.69 Å². The Bertz CT molecular complexity index is 1100. The molecule has 0 radical (unpaired) electrons. The maximum atomic E-state index is 12.9. The number of amides is 1. The SMILES string of the molecule is C[C@H](NS(=O)(=O)c1ccc(NC(=O)c2ccncc2)cc1)[C@@H](c1ccccc1)N(C)C. The van der Waals surface area contributed by atoms with E-state index >= 15 is 0 Å². The maximum absolute atomic E-state index is 12.9. The number of benzene rings is 2. The molecule has 2 atom stereocenters. The van der Waals surface area contributed by atoms with E-state index in [1.807, 2.05) is 56.3 Å². The molecule has 7 nitrogen and oxygen atoms in total. The van der Waals surface area contributed by atoms with Gasteiger partial charge in [-0.1, -0.05) is 30.3 Å². The first-order chi connectivity index (χ1) is 14.8. The molecule has 2 N–H and O–H groups in total. The van der Waals surface area contributed by atoms with Crippen LogP contribution in [0.25, 0.3) is 0 Å². The number of nitrogens with one attached hydrogen (secondary N) is 2. The first-order valence-corrected chi connectivity index (χ1v) is 11.3. The highest BCUT2D eigenvalue weighted by molar-refractivity contribution is 7.89. The highest BCUT2D eigenvalue weighted by Gasteiger charge is 2.26. The minimum Gasteiger partial charge on any atom is -0.322 e. The number of hydrogen-bond donors (Lipinski definition) is 2. The number of rotatable bonds is 8. The Labute approximate surface area is 183 Å². The summed E-state index contributed by atoms with van der Waals surface area (Å²) in [7, 11) is 0.0977. The van der Waals surface area contributed by atoms with E-state index in [0.29, 0.717) is 11.3 Å². The van der Waals surface area contributed by atoms with Gasteiger partial charge >= 0.3 is 0 Å². The Morgan fingerprint density at radius 3 is 2.13 bits per heavy atom. The lowest BCUT2D eigenvalue weighted by molar-refractivity contribution is 0.102. The van der Waals surface area contributed by atoms with Crippen LogP contribution in [0.1, 0.15) is 28.9 Å². The number of anilines is 1. The molecule has 1 heterocycles. The predicted molar refractivity (Wildman–Crippen MR) is 121 cm³/mol. The number of hydrogen-bond acceptors (Lipinski definition) is 5. The van der Waals surface area contributed by atoms with Crippen LogP contribution in [-0.4, -0.2) is 44.3 Å². The molecular weight excluding hydrogens is 412 g/mol. The fourth-order valence-corrected chi connectivity index (χ4v) is 4.73. The van der Waals surface area contributed by atoms with Crippen molar-refractivity contribution in [3.63, 3.8) is 0 Å². The largest absolute Gasteiger partial charge is 0.322 e. The number of carbonyl (C=O) groups excluding carboxylic acids is 1. The standard InChI is InChI=1S/C23H26N4O3S/c1-17(22(27(2)3)18-7-5-4-6-8-18)26-31(29,30)21-11-9-20(10-12-21)25-23(28)19-13-15-24-16-14-19/h4-17,22,26H,1-3H3,(H,25,28)/t17-,22-/m0/s1. The fourth-order valence-electron chi connectivity index (χ4n) is 3.49. The number of nitrogens with zero attached hydrogens (tertiary/aromatic N) is 2. The van der Waals surface area contributed by atoms with Gasteiger partial charge in [0.1, 0.15) is 0 Å². The second-order valence-corrected chi connectivity index (χ2v) is 9.16. The van der Waals surface area contributed by atoms with Gasteiger partial charge in [-0.3, -0.25) is 9.78 Å². The number of likely N-dealkylation sites (N-methyl/N-ethyl adjacent to an activating group) is 1. The van der Waals surface area contributed by atoms with Crippen molar-refractivity contribution in [3.05, 3.63) is 90.3 Å². The van der Waals surface area contributed by atoms with E-state index in [2.05, 4.69) is 15.0 Å². The van der Waals surface area contributed by atoms with Gasteiger partial charge in [0.05, 0.1) is 10.9 Å². The lowest BCUT2D eigenvalue weighted by atomic mass is 10.0. The molecule has 0 unspecified atom stereocenters. The number of aromatic nitrogens is 1. The number of pyridine rings is 1. The lowest BCUT2D eigenvalue weighted by Gasteiger charge is -2.31. The first-order valence-electron chi connectivity index (χ1n) is 9.83. The lowest BCUT2D eigenvalue weighted by Crippen LogP contribution is -2.42. The van der Waals surface area contributed by atoms with Crippen molar-refractivity contribution >= 4 is 21.6 Å². The quantitative estimate of drug-likeness (QED) is 0.563. The van der Waals surface area contributed by atoms with E-state index in [1.165, 1.54) is 24.5 Å². The Balaban J connectivity index is 1.72. The monoisotopic (exact) mass is 438 g/mol. The molecule has 0 fully saturated rings. The molecule has 3 aromatic rings. The van der Waals surface area contributed by atoms with E-state index < -0.39 is 10.0 Å². The molecule has 0 saturated carbocycles. The summed E-state index contributed by atoms with van der Waals surface area (Å²) in [6.45, 7) is 1.85. The van der Waals surface area contributed by atoms with Gasteiger partial charge in [-0.25, -0.2) is 13.1 Å². The predicted octanol–water partition coefficient (Wildman–Crippen LogP) is 3.30. The molecule has 3 rings (SSSR count). The molecule has 0 aliphatic carbocycles. The zero-order valence-electron chi connectivity index (χ0n) is 17.7. The van der Waals surface area contributed by atoms with Crippen LogP contribution in [0.15, 0.2) is 84.0 Å². The van der Waals surface area contributed by atoms with Crippen LogP contribution in [0.5, 0.6) is 0 Å². The average molecular weight is 439 g/mol. The highest BCUT2D eigenvalue weighted by Crippen LogP contribution is 2.24. The minimum atomic E-state index is -3.74. The normalized spacial score (nSPS) is 13.5. The topological polar surface area (TPSA) is 91.4 Å². The van der Waals surface area contributed by atoms with Crippen LogP contribution in [0.2, 0.25) is 0 Å². The van der Waals surface area contributed by atoms with Gasteiger partial charge in [0.2, 0.25) is 10.0 Å². The van der Waals surface area contributed by atoms with Gasteiger partial charge in [-0.05, 0) is 63.0 Å². The van der Waals surface area contributed by atoms with E-state index in [9.17, 15) is 13.2 Å². The van der Waals surface area contributed by atoms with Gasteiger partial charge in [0.15, 0.2) is 0 Å². The van der Waals surface area contributed by atoms with Crippen molar-refractivity contribution in [2.24, 2.45) is 0 Å². The summed E-state index contributed by atoms with van der Waals surface area (Å²) in [5.74, 6) is -0.290. The Kier molecular flexibility index (Phi) is 7.17. The van der Waals surface area contributed by atoms with Crippen molar-refractivity contribution in [2.45, 2.75) is 23.9 Å². The van der Waals surface area contributed by atoms with Crippen LogP contribution in [0.3, 0.4) is 0 Å². The summed E-state index contributed by atoms with van der Waals surface area (Å²) in [6, 6.07) is 18.6. The Morgan fingerprint density at radius 2 is 1.55 bits per heavy atom. The fraction of sp³-hybridized carbons (Fsp3) is 0.217. The van der Waals surface area contributed by atoms with Crippen LogP contribution < -0.4 is 10.0 Å². The smallest absolute Gasteiger partial charge is 0.255 e. The number of carbonyl (C=O) groups is 1. The van der Waals surface area contributed by atoms with Gasteiger partial charge in [0, 0.05) is 29.7 Å². The van der Waals surface area contributed by atoms with Crippen molar-refractivity contribution in [1.82, 2.24) is 14.6 Å². The molecule has 2 aromatic carbocycles. The summed E-state index contributed by atoms with van der Waals surface area (Å²) in [5, 5.41) is 2.74. The van der Waals surface area contributed by atoms with E-state index in [4.69, 9.17) is 0 Å². The second kappa shape index (κ2) is 9.82. The summed E-state index contributed by atoms with van der Waals surface area (Å²) in [6.07, 6.45) is 3.07. The van der Waals surface area contributed by atoms with Gasteiger partial charge in [-0.15, -0.1) is 0 Å². The van der Waals surface area contributed by atoms with E-state index in [0.717, 1.165) is 5.56 Å². The molecule has 31 heavy (non-hydrogen) atoms. The molecule has 162 valence electrons. The van der Waals surface area contributed by atoms with Crippen molar-refractivity contribution in [1.29, 1.82) is 0 Å². The third-order valence-electron chi connectivity index (χ3n) is 4.88. The molecule has 1 aromatic heterocycles. The highest BCUT2D eigenvalue weighted by atomic mass is 32.2. The van der Waals surface area contributed by atoms with Crippen molar-refractivity contribution in [2.75, 3.05) is 19.4 Å². The molecule has 0 aliphatic heterocycles. The third kappa shape index (κ3) is 5.75. The van der Waals surface area contributed by atoms with Crippen LogP contribution >= 0.6 is 0 Å². The second-order valence-electron chi connectivity index (χ2n) is 7.44. The van der Waals surface area contributed by atoms with E-state index in [1.54, 1.807) is 24.3 Å². The minimum absolute atomic E-state index is 0.130. The summed E-state index contributed by atoms with van der Waals surface area (Å²) >= 11 is 0. The first kappa shape index (κ1) is 22.6. The zero-order valence-corrected chi connectivity index (χ0v) is 18.5. The molecule has 0 spiro atoms. The van der Waals surface area contributed by atoms with Gasteiger partial charge in [-0.2, -0.15) is 0 Å². The Morgan fingerprint density at radius 1 is 0.935 bits per heavy atom. The van der Waals surface area contributed by atoms with Crippen molar-refractivity contribution < 1.29 is 13.2 Å². The Hall–Kier alpha value is -3.07. The average Bonchev–Trinajstić information content (AvgIpc) is 2.75. The van der Waals surface area contributed by atoms with Gasteiger partial charge in [0.25, 0.3) is 5.91 Å².